The first-order chi connectivity index (χ1) is 8.56. The average Bonchev–Trinajstić information content (AvgIpc) is 2.71. The molecule has 2 rings (SSSR count). The van der Waals surface area contributed by atoms with Crippen molar-refractivity contribution in [2.45, 2.75) is 6.54 Å². The number of carboxylic acid groups (broad SMARTS) is 1. The molecule has 0 saturated carbocycles. The fourth-order valence-electron chi connectivity index (χ4n) is 1.51. The van der Waals surface area contributed by atoms with Gasteiger partial charge in [-0.3, -0.25) is 4.90 Å². The summed E-state index contributed by atoms with van der Waals surface area (Å²) < 4.78 is 13.7. The Morgan fingerprint density at radius 2 is 2.17 bits per heavy atom. The van der Waals surface area contributed by atoms with Crippen LogP contribution in [0.2, 0.25) is 4.34 Å². The van der Waals surface area contributed by atoms with Crippen molar-refractivity contribution < 1.29 is 14.3 Å². The van der Waals surface area contributed by atoms with Crippen molar-refractivity contribution in [2.24, 2.45) is 0 Å². The Kier molecular flexibility index (Phi) is 3.84. The van der Waals surface area contributed by atoms with Crippen LogP contribution in [0.3, 0.4) is 0 Å². The highest BCUT2D eigenvalue weighted by atomic mass is 35.5. The molecule has 1 N–H and O–H groups in total. The van der Waals surface area contributed by atoms with Gasteiger partial charge in [0.15, 0.2) is 0 Å². The third-order valence-electron chi connectivity index (χ3n) is 2.29. The molecule has 6 heteroatoms. The molecule has 2 aromatic rings. The molecule has 1 aromatic heterocycles. The minimum Gasteiger partial charge on any atom is -0.465 e. The van der Waals surface area contributed by atoms with E-state index in [0.29, 0.717) is 10.0 Å². The molecular formula is C12H9ClFNO2S. The smallest absolute Gasteiger partial charge is 0.412 e. The van der Waals surface area contributed by atoms with Gasteiger partial charge in [0.25, 0.3) is 0 Å². The topological polar surface area (TPSA) is 40.5 Å². The van der Waals surface area contributed by atoms with Crippen LogP contribution in [0.25, 0.3) is 0 Å². The number of rotatable bonds is 3. The van der Waals surface area contributed by atoms with Gasteiger partial charge in [0, 0.05) is 4.88 Å². The molecule has 1 heterocycles. The number of hydrogen-bond donors (Lipinski definition) is 1. The van der Waals surface area contributed by atoms with E-state index in [2.05, 4.69) is 0 Å². The van der Waals surface area contributed by atoms with E-state index in [1.54, 1.807) is 18.2 Å². The summed E-state index contributed by atoms with van der Waals surface area (Å²) in [6, 6.07) is 8.93. The molecule has 0 radical (unpaired) electrons. The largest absolute Gasteiger partial charge is 0.465 e. The molecule has 0 bridgehead atoms. The summed E-state index contributed by atoms with van der Waals surface area (Å²) in [6.07, 6.45) is -1.13. The van der Waals surface area contributed by atoms with Gasteiger partial charge in [0.2, 0.25) is 0 Å². The summed E-state index contributed by atoms with van der Waals surface area (Å²) in [6.45, 7) is 0.149. The lowest BCUT2D eigenvalue weighted by Crippen LogP contribution is -2.28. The van der Waals surface area contributed by atoms with E-state index < -0.39 is 11.9 Å². The van der Waals surface area contributed by atoms with Crippen LogP contribution in [-0.4, -0.2) is 11.2 Å². The number of carbonyl (C=O) groups is 1. The summed E-state index contributed by atoms with van der Waals surface area (Å²) in [4.78, 5) is 13.1. The Morgan fingerprint density at radius 1 is 1.39 bits per heavy atom. The van der Waals surface area contributed by atoms with Gasteiger partial charge in [-0.1, -0.05) is 17.7 Å². The third kappa shape index (κ3) is 3.00. The predicted molar refractivity (Wildman–Crippen MR) is 69.9 cm³/mol. The zero-order valence-electron chi connectivity index (χ0n) is 9.14. The highest BCUT2D eigenvalue weighted by molar-refractivity contribution is 7.16. The first kappa shape index (κ1) is 12.9. The van der Waals surface area contributed by atoms with Gasteiger partial charge in [-0.05, 0) is 30.3 Å². The lowest BCUT2D eigenvalue weighted by Gasteiger charge is -2.18. The van der Waals surface area contributed by atoms with E-state index in [9.17, 15) is 9.18 Å². The quantitative estimate of drug-likeness (QED) is 0.917. The van der Waals surface area contributed by atoms with Gasteiger partial charge in [-0.15, -0.1) is 11.3 Å². The first-order valence-electron chi connectivity index (χ1n) is 5.06. The minimum absolute atomic E-state index is 0.149. The molecular weight excluding hydrogens is 277 g/mol. The molecule has 0 aliphatic heterocycles. The second kappa shape index (κ2) is 5.37. The van der Waals surface area contributed by atoms with Crippen molar-refractivity contribution >= 4 is 34.7 Å². The standard InChI is InChI=1S/C12H9ClFNO2S/c13-11-5-4-10(18-11)7-15(12(16)17)9-3-1-2-8(14)6-9/h1-6H,7H2,(H,16,17). The number of halogens is 2. The maximum absolute atomic E-state index is 13.1. The lowest BCUT2D eigenvalue weighted by molar-refractivity contribution is 0.201. The number of amides is 1. The molecule has 0 aliphatic rings. The van der Waals surface area contributed by atoms with Gasteiger partial charge in [0.1, 0.15) is 5.82 Å². The van der Waals surface area contributed by atoms with Crippen LogP contribution >= 0.6 is 22.9 Å². The Hall–Kier alpha value is -1.59. The zero-order valence-corrected chi connectivity index (χ0v) is 10.7. The summed E-state index contributed by atoms with van der Waals surface area (Å²) in [7, 11) is 0. The van der Waals surface area contributed by atoms with Crippen molar-refractivity contribution in [3.8, 4) is 0 Å². The number of nitrogens with zero attached hydrogens (tertiary/aromatic N) is 1. The molecule has 18 heavy (non-hydrogen) atoms. The number of benzene rings is 1. The molecule has 0 fully saturated rings. The van der Waals surface area contributed by atoms with Crippen LogP contribution in [0.4, 0.5) is 14.9 Å². The van der Waals surface area contributed by atoms with Crippen LogP contribution in [0.5, 0.6) is 0 Å². The molecule has 1 aromatic carbocycles. The van der Waals surface area contributed by atoms with Gasteiger partial charge >= 0.3 is 6.09 Å². The van der Waals surface area contributed by atoms with Crippen molar-refractivity contribution in [3.63, 3.8) is 0 Å². The minimum atomic E-state index is -1.13. The van der Waals surface area contributed by atoms with Crippen molar-refractivity contribution in [1.82, 2.24) is 0 Å². The van der Waals surface area contributed by atoms with Crippen LogP contribution < -0.4 is 4.90 Å². The molecule has 3 nitrogen and oxygen atoms in total. The normalized spacial score (nSPS) is 10.3. The Balaban J connectivity index is 2.26. The fourth-order valence-corrected chi connectivity index (χ4v) is 2.58. The van der Waals surface area contributed by atoms with Crippen LogP contribution in [0.15, 0.2) is 36.4 Å². The Morgan fingerprint density at radius 3 is 2.72 bits per heavy atom. The summed E-state index contributed by atoms with van der Waals surface area (Å²) >= 11 is 7.09. The van der Waals surface area contributed by atoms with Crippen LogP contribution in [-0.2, 0) is 6.54 Å². The lowest BCUT2D eigenvalue weighted by atomic mass is 10.3. The molecule has 0 spiro atoms. The molecule has 94 valence electrons. The zero-order chi connectivity index (χ0) is 13.1. The molecule has 0 atom stereocenters. The van der Waals surface area contributed by atoms with Crippen molar-refractivity contribution in [1.29, 1.82) is 0 Å². The van der Waals surface area contributed by atoms with Crippen LogP contribution in [0.1, 0.15) is 4.88 Å². The molecule has 1 amide bonds. The monoisotopic (exact) mass is 285 g/mol. The van der Waals surface area contributed by atoms with Gasteiger partial charge in [-0.25, -0.2) is 9.18 Å². The fraction of sp³-hybridized carbons (Fsp3) is 0.0833. The first-order valence-corrected chi connectivity index (χ1v) is 6.26. The third-order valence-corrected chi connectivity index (χ3v) is 3.51. The second-order valence-corrected chi connectivity index (χ2v) is 5.35. The maximum atomic E-state index is 13.1. The van der Waals surface area contributed by atoms with Crippen LogP contribution in [0, 0.1) is 5.82 Å². The Bertz CT molecular complexity index is 573. The number of anilines is 1. The average molecular weight is 286 g/mol. The molecule has 0 aliphatic carbocycles. The van der Waals surface area contributed by atoms with Gasteiger partial charge in [0.05, 0.1) is 16.6 Å². The summed E-state index contributed by atoms with van der Waals surface area (Å²) in [5.74, 6) is -0.469. The molecule has 0 saturated heterocycles. The number of thiophene rings is 1. The second-order valence-electron chi connectivity index (χ2n) is 3.55. The van der Waals surface area contributed by atoms with E-state index in [0.717, 1.165) is 9.78 Å². The maximum Gasteiger partial charge on any atom is 0.412 e. The van der Waals surface area contributed by atoms with E-state index in [-0.39, 0.29) is 6.54 Å². The predicted octanol–water partition coefficient (Wildman–Crippen LogP) is 4.23. The van der Waals surface area contributed by atoms with E-state index >= 15 is 0 Å². The highest BCUT2D eigenvalue weighted by Gasteiger charge is 2.16. The molecule has 0 unspecified atom stereocenters. The van der Waals surface area contributed by atoms with Crippen molar-refractivity contribution in [2.75, 3.05) is 4.90 Å². The van der Waals surface area contributed by atoms with E-state index in [1.807, 2.05) is 0 Å². The SMILES string of the molecule is O=C(O)N(Cc1ccc(Cl)s1)c1cccc(F)c1. The highest BCUT2D eigenvalue weighted by Crippen LogP contribution is 2.25. The summed E-state index contributed by atoms with van der Waals surface area (Å²) in [5, 5.41) is 9.16. The van der Waals surface area contributed by atoms with Crippen molar-refractivity contribution in [3.05, 3.63) is 51.4 Å². The van der Waals surface area contributed by atoms with Gasteiger partial charge < -0.3 is 5.11 Å². The number of hydrogen-bond acceptors (Lipinski definition) is 2. The van der Waals surface area contributed by atoms with E-state index in [4.69, 9.17) is 16.7 Å². The summed E-state index contributed by atoms with van der Waals surface area (Å²) in [5.41, 5.74) is 0.298. The Labute approximate surface area is 112 Å². The van der Waals surface area contributed by atoms with Gasteiger partial charge in [-0.2, -0.15) is 0 Å². The van der Waals surface area contributed by atoms with E-state index in [1.165, 1.54) is 29.5 Å².